The lowest BCUT2D eigenvalue weighted by atomic mass is 9.88. The Bertz CT molecular complexity index is 866. The van der Waals surface area contributed by atoms with Gasteiger partial charge in [-0.25, -0.2) is 4.98 Å². The van der Waals surface area contributed by atoms with Gasteiger partial charge in [0, 0.05) is 0 Å². The second-order valence-corrected chi connectivity index (χ2v) is 5.91. The third-order valence-electron chi connectivity index (χ3n) is 3.76. The minimum Gasteiger partial charge on any atom is -0.386 e. The molecule has 110 valence electrons. The Morgan fingerprint density at radius 3 is 2.77 bits per heavy atom. The first-order valence-corrected chi connectivity index (χ1v) is 7.15. The predicted octanol–water partition coefficient (Wildman–Crippen LogP) is 3.52. The highest BCUT2D eigenvalue weighted by molar-refractivity contribution is 5.82. The van der Waals surface area contributed by atoms with Crippen molar-refractivity contribution in [3.63, 3.8) is 0 Å². The van der Waals surface area contributed by atoms with E-state index < -0.39 is 5.60 Å². The molecule has 3 aromatic rings. The maximum absolute atomic E-state index is 10.4. The summed E-state index contributed by atoms with van der Waals surface area (Å²) in [5.74, 6) is 0. The number of nitriles is 1. The van der Waals surface area contributed by atoms with Crippen molar-refractivity contribution in [2.45, 2.75) is 25.9 Å². The Morgan fingerprint density at radius 1 is 1.23 bits per heavy atom. The van der Waals surface area contributed by atoms with Crippen LogP contribution in [0.2, 0.25) is 0 Å². The van der Waals surface area contributed by atoms with Crippen molar-refractivity contribution in [3.8, 4) is 17.2 Å². The Hall–Kier alpha value is -2.64. The van der Waals surface area contributed by atoms with Crippen LogP contribution in [-0.4, -0.2) is 15.1 Å². The topological polar surface area (TPSA) is 72.7 Å². The largest absolute Gasteiger partial charge is 0.386 e. The molecular formula is C18H17N3O. The summed E-state index contributed by atoms with van der Waals surface area (Å²) in [4.78, 5) is 7.36. The van der Waals surface area contributed by atoms with Crippen LogP contribution < -0.4 is 0 Å². The fourth-order valence-corrected chi connectivity index (χ4v) is 2.66. The third-order valence-corrected chi connectivity index (χ3v) is 3.76. The molecule has 0 saturated carbocycles. The molecular weight excluding hydrogens is 274 g/mol. The molecule has 0 radical (unpaired) electrons. The van der Waals surface area contributed by atoms with E-state index >= 15 is 0 Å². The van der Waals surface area contributed by atoms with Crippen LogP contribution in [0.25, 0.3) is 22.2 Å². The van der Waals surface area contributed by atoms with Gasteiger partial charge in [0.2, 0.25) is 0 Å². The number of hydrogen-bond acceptors (Lipinski definition) is 3. The van der Waals surface area contributed by atoms with Crippen molar-refractivity contribution >= 4 is 11.0 Å². The van der Waals surface area contributed by atoms with E-state index in [1.54, 1.807) is 20.2 Å². The second kappa shape index (κ2) is 5.28. The summed E-state index contributed by atoms with van der Waals surface area (Å²) in [7, 11) is 0. The zero-order valence-electron chi connectivity index (χ0n) is 12.6. The van der Waals surface area contributed by atoms with Gasteiger partial charge in [-0.15, -0.1) is 0 Å². The van der Waals surface area contributed by atoms with Gasteiger partial charge in [0.15, 0.2) is 0 Å². The molecule has 0 amide bonds. The van der Waals surface area contributed by atoms with E-state index in [1.807, 2.05) is 36.4 Å². The Kier molecular flexibility index (Phi) is 3.44. The summed E-state index contributed by atoms with van der Waals surface area (Å²) in [6, 6.07) is 13.9. The van der Waals surface area contributed by atoms with Gasteiger partial charge in [-0.3, -0.25) is 0 Å². The zero-order valence-corrected chi connectivity index (χ0v) is 12.6. The first-order chi connectivity index (χ1) is 10.5. The molecule has 1 aromatic heterocycles. The van der Waals surface area contributed by atoms with Gasteiger partial charge < -0.3 is 10.1 Å². The summed E-state index contributed by atoms with van der Waals surface area (Å²) < 4.78 is 0. The smallest absolute Gasteiger partial charge is 0.0931 e. The van der Waals surface area contributed by atoms with Crippen molar-refractivity contribution in [1.82, 2.24) is 9.97 Å². The van der Waals surface area contributed by atoms with Crippen LogP contribution in [0.1, 0.15) is 25.0 Å². The van der Waals surface area contributed by atoms with E-state index in [-0.39, 0.29) is 0 Å². The van der Waals surface area contributed by atoms with Gasteiger partial charge in [-0.2, -0.15) is 5.26 Å². The van der Waals surface area contributed by atoms with Gasteiger partial charge in [0.1, 0.15) is 0 Å². The van der Waals surface area contributed by atoms with Gasteiger partial charge in [-0.1, -0.05) is 18.2 Å². The molecule has 2 aromatic carbocycles. The van der Waals surface area contributed by atoms with Gasteiger partial charge in [-0.05, 0) is 54.3 Å². The van der Waals surface area contributed by atoms with Crippen LogP contribution in [0.5, 0.6) is 0 Å². The highest BCUT2D eigenvalue weighted by Gasteiger charge is 2.21. The minimum atomic E-state index is -0.957. The Labute approximate surface area is 129 Å². The maximum atomic E-state index is 10.4. The number of H-pyrrole nitrogens is 1. The maximum Gasteiger partial charge on any atom is 0.0931 e. The fraction of sp³-hybridized carbons (Fsp3) is 0.222. The molecule has 0 aliphatic rings. The van der Waals surface area contributed by atoms with Crippen LogP contribution >= 0.6 is 0 Å². The molecule has 0 aliphatic carbocycles. The number of nitrogens with one attached hydrogen (secondary N) is 1. The van der Waals surface area contributed by atoms with Crippen LogP contribution in [0, 0.1) is 11.3 Å². The SMILES string of the molecule is CC(C)(O)c1ccc(CC#N)cc1-c1ccc2[nH]cnc2c1. The Morgan fingerprint density at radius 2 is 2.05 bits per heavy atom. The number of rotatable bonds is 3. The number of fused-ring (bicyclic) bond motifs is 1. The molecule has 0 spiro atoms. The average Bonchev–Trinajstić information content (AvgIpc) is 2.93. The number of nitrogens with zero attached hydrogens (tertiary/aromatic N) is 2. The second-order valence-electron chi connectivity index (χ2n) is 5.91. The van der Waals surface area contributed by atoms with Gasteiger partial charge in [0.25, 0.3) is 0 Å². The molecule has 2 N–H and O–H groups in total. The van der Waals surface area contributed by atoms with Crippen molar-refractivity contribution in [2.24, 2.45) is 0 Å². The highest BCUT2D eigenvalue weighted by atomic mass is 16.3. The zero-order chi connectivity index (χ0) is 15.7. The molecule has 0 fully saturated rings. The lowest BCUT2D eigenvalue weighted by Gasteiger charge is -2.22. The summed E-state index contributed by atoms with van der Waals surface area (Å²) in [5.41, 5.74) is 4.59. The quantitative estimate of drug-likeness (QED) is 0.775. The lowest BCUT2D eigenvalue weighted by molar-refractivity contribution is 0.0792. The summed E-state index contributed by atoms with van der Waals surface area (Å²) in [6.45, 7) is 3.53. The van der Waals surface area contributed by atoms with E-state index in [2.05, 4.69) is 16.0 Å². The normalized spacial score (nSPS) is 11.5. The summed E-state index contributed by atoms with van der Waals surface area (Å²) in [6.07, 6.45) is 2.02. The van der Waals surface area contributed by atoms with Crippen molar-refractivity contribution in [3.05, 3.63) is 53.9 Å². The average molecular weight is 291 g/mol. The van der Waals surface area contributed by atoms with Crippen LogP contribution in [0.3, 0.4) is 0 Å². The fourth-order valence-electron chi connectivity index (χ4n) is 2.66. The number of benzene rings is 2. The molecule has 1 heterocycles. The van der Waals surface area contributed by atoms with Crippen molar-refractivity contribution < 1.29 is 5.11 Å². The summed E-state index contributed by atoms with van der Waals surface area (Å²) >= 11 is 0. The van der Waals surface area contributed by atoms with Gasteiger partial charge in [0.05, 0.1) is 35.5 Å². The Balaban J connectivity index is 2.21. The molecule has 0 bridgehead atoms. The van der Waals surface area contributed by atoms with Gasteiger partial charge >= 0.3 is 0 Å². The molecule has 22 heavy (non-hydrogen) atoms. The molecule has 3 rings (SSSR count). The highest BCUT2D eigenvalue weighted by Crippen LogP contribution is 2.33. The molecule has 0 aliphatic heterocycles. The number of aliphatic hydroxyl groups is 1. The van der Waals surface area contributed by atoms with E-state index in [4.69, 9.17) is 5.26 Å². The molecule has 4 nitrogen and oxygen atoms in total. The van der Waals surface area contributed by atoms with Crippen LogP contribution in [0.15, 0.2) is 42.7 Å². The number of imidazole rings is 1. The van der Waals surface area contributed by atoms with E-state index in [0.29, 0.717) is 6.42 Å². The lowest BCUT2D eigenvalue weighted by Crippen LogP contribution is -2.17. The number of aromatic nitrogens is 2. The van der Waals surface area contributed by atoms with E-state index in [9.17, 15) is 5.11 Å². The summed E-state index contributed by atoms with van der Waals surface area (Å²) in [5, 5.41) is 19.3. The molecule has 0 unspecified atom stereocenters. The monoisotopic (exact) mass is 291 g/mol. The number of aromatic amines is 1. The number of hydrogen-bond donors (Lipinski definition) is 2. The van der Waals surface area contributed by atoms with Crippen LogP contribution in [-0.2, 0) is 12.0 Å². The third kappa shape index (κ3) is 2.59. The molecule has 0 saturated heterocycles. The molecule has 0 atom stereocenters. The first-order valence-electron chi connectivity index (χ1n) is 7.15. The van der Waals surface area contributed by atoms with Crippen LogP contribution in [0.4, 0.5) is 0 Å². The first kappa shape index (κ1) is 14.3. The van der Waals surface area contributed by atoms with E-state index in [0.717, 1.165) is 33.3 Å². The van der Waals surface area contributed by atoms with E-state index in [1.165, 1.54) is 0 Å². The van der Waals surface area contributed by atoms with Crippen molar-refractivity contribution in [2.75, 3.05) is 0 Å². The predicted molar refractivity (Wildman–Crippen MR) is 86.1 cm³/mol. The van der Waals surface area contributed by atoms with Crippen molar-refractivity contribution in [1.29, 1.82) is 5.26 Å². The minimum absolute atomic E-state index is 0.351. The standard InChI is InChI=1S/C18H17N3O/c1-18(2,22)15-5-3-12(7-8-19)9-14(15)13-4-6-16-17(10-13)21-11-20-16/h3-6,9-11,22H,7H2,1-2H3,(H,20,21). The molecule has 4 heteroatoms.